The van der Waals surface area contributed by atoms with E-state index in [0.29, 0.717) is 25.0 Å². The van der Waals surface area contributed by atoms with E-state index in [0.717, 1.165) is 43.1 Å². The summed E-state index contributed by atoms with van der Waals surface area (Å²) < 4.78 is 18.4. The van der Waals surface area contributed by atoms with Crippen LogP contribution in [0.3, 0.4) is 0 Å². The number of allylic oxidation sites excluding steroid dienone is 2. The van der Waals surface area contributed by atoms with Gasteiger partial charge in [0.2, 0.25) is 0 Å². The lowest BCUT2D eigenvalue weighted by molar-refractivity contribution is 0.0681. The molecule has 0 radical (unpaired) electrons. The molecule has 0 aromatic heterocycles. The summed E-state index contributed by atoms with van der Waals surface area (Å²) in [5, 5.41) is 3.88. The molecule has 34 heavy (non-hydrogen) atoms. The lowest BCUT2D eigenvalue weighted by atomic mass is 9.76. The van der Waals surface area contributed by atoms with Gasteiger partial charge in [-0.3, -0.25) is 0 Å². The van der Waals surface area contributed by atoms with E-state index in [9.17, 15) is 0 Å². The van der Waals surface area contributed by atoms with Crippen molar-refractivity contribution >= 4 is 5.69 Å². The summed E-state index contributed by atoms with van der Waals surface area (Å²) in [5.74, 6) is 2.67. The Kier molecular flexibility index (Phi) is 5.99. The largest absolute Gasteiger partial charge is 0.489 e. The first-order valence-corrected chi connectivity index (χ1v) is 12.4. The van der Waals surface area contributed by atoms with Crippen molar-refractivity contribution in [3.63, 3.8) is 0 Å². The molecule has 6 rings (SSSR count). The number of rotatable bonds is 7. The number of anilines is 1. The average Bonchev–Trinajstić information content (AvgIpc) is 3.59. The molecule has 2 heterocycles. The maximum Gasteiger partial charge on any atom is 0.142 e. The molecule has 3 aliphatic rings. The van der Waals surface area contributed by atoms with E-state index >= 15 is 0 Å². The molecule has 0 saturated carbocycles. The van der Waals surface area contributed by atoms with Crippen LogP contribution in [-0.4, -0.2) is 19.3 Å². The van der Waals surface area contributed by atoms with E-state index in [1.165, 1.54) is 16.7 Å². The van der Waals surface area contributed by atoms with Crippen molar-refractivity contribution in [3.05, 3.63) is 102 Å². The van der Waals surface area contributed by atoms with Gasteiger partial charge in [-0.15, -0.1) is 0 Å². The Bertz CT molecular complexity index is 1150. The second-order valence-corrected chi connectivity index (χ2v) is 9.45. The molecule has 2 aliphatic heterocycles. The molecule has 1 aliphatic carbocycles. The summed E-state index contributed by atoms with van der Waals surface area (Å²) in [6, 6.07) is 25.4. The predicted molar refractivity (Wildman–Crippen MR) is 134 cm³/mol. The van der Waals surface area contributed by atoms with Gasteiger partial charge in [-0.1, -0.05) is 72.8 Å². The molecule has 1 saturated heterocycles. The van der Waals surface area contributed by atoms with Crippen molar-refractivity contribution in [1.29, 1.82) is 0 Å². The quantitative estimate of drug-likeness (QED) is 0.407. The molecular formula is C30H31NO3. The Balaban J connectivity index is 1.29. The maximum atomic E-state index is 6.35. The second kappa shape index (κ2) is 9.55. The third kappa shape index (κ3) is 4.19. The SMILES string of the molecule is C1=CC2c3cccc(OCC4CCCO4)c3NC(c3ccccc3OCc3ccccc3)C2C1. The number of nitrogens with one attached hydrogen (secondary N) is 1. The highest BCUT2D eigenvalue weighted by atomic mass is 16.5. The standard InChI is InChI=1S/C30H31NO3/c1-2-9-21(10-3-1)19-33-27-16-5-4-12-26(27)29-24-14-6-13-23(24)25-15-7-17-28(30(25)31-29)34-20-22-11-8-18-32-22/h1-7,9-10,12-13,15-17,22-24,29,31H,8,11,14,18-20H2. The van der Waals surface area contributed by atoms with Crippen LogP contribution >= 0.6 is 0 Å². The summed E-state index contributed by atoms with van der Waals surface area (Å²) in [5.41, 5.74) is 4.81. The van der Waals surface area contributed by atoms with Crippen molar-refractivity contribution in [2.45, 2.75) is 43.9 Å². The van der Waals surface area contributed by atoms with Gasteiger partial charge in [0, 0.05) is 18.1 Å². The normalized spacial score (nSPS) is 24.8. The van der Waals surface area contributed by atoms with Crippen molar-refractivity contribution in [3.8, 4) is 11.5 Å². The minimum atomic E-state index is 0.145. The highest BCUT2D eigenvalue weighted by molar-refractivity contribution is 5.68. The molecular weight excluding hydrogens is 422 g/mol. The van der Waals surface area contributed by atoms with Crippen LogP contribution in [0.2, 0.25) is 0 Å². The van der Waals surface area contributed by atoms with Crippen molar-refractivity contribution < 1.29 is 14.2 Å². The monoisotopic (exact) mass is 453 g/mol. The molecule has 3 aromatic carbocycles. The van der Waals surface area contributed by atoms with Crippen molar-refractivity contribution in [2.24, 2.45) is 5.92 Å². The predicted octanol–water partition coefficient (Wildman–Crippen LogP) is 6.65. The van der Waals surface area contributed by atoms with E-state index in [2.05, 4.69) is 84.2 Å². The fourth-order valence-corrected chi connectivity index (χ4v) is 5.58. The van der Waals surface area contributed by atoms with Crippen LogP contribution in [0.4, 0.5) is 5.69 Å². The number of hydrogen-bond acceptors (Lipinski definition) is 4. The molecule has 3 aromatic rings. The molecule has 4 unspecified atom stereocenters. The summed E-state index contributed by atoms with van der Waals surface area (Å²) in [6.45, 7) is 2.00. The van der Waals surface area contributed by atoms with Crippen LogP contribution in [0.25, 0.3) is 0 Å². The summed E-state index contributed by atoms with van der Waals surface area (Å²) in [4.78, 5) is 0. The molecule has 1 fully saturated rings. The van der Waals surface area contributed by atoms with Crippen LogP contribution in [-0.2, 0) is 11.3 Å². The Morgan fingerprint density at radius 1 is 0.853 bits per heavy atom. The van der Waals surface area contributed by atoms with E-state index in [4.69, 9.17) is 14.2 Å². The van der Waals surface area contributed by atoms with E-state index in [1.54, 1.807) is 0 Å². The Hall–Kier alpha value is -3.24. The van der Waals surface area contributed by atoms with E-state index < -0.39 is 0 Å². The summed E-state index contributed by atoms with van der Waals surface area (Å²) in [7, 11) is 0. The molecule has 4 atom stereocenters. The minimum absolute atomic E-state index is 0.145. The zero-order valence-electron chi connectivity index (χ0n) is 19.4. The second-order valence-electron chi connectivity index (χ2n) is 9.45. The highest BCUT2D eigenvalue weighted by Gasteiger charge is 2.40. The molecule has 0 spiro atoms. The lowest BCUT2D eigenvalue weighted by Crippen LogP contribution is -2.30. The van der Waals surface area contributed by atoms with Gasteiger partial charge >= 0.3 is 0 Å². The first-order chi connectivity index (χ1) is 16.9. The van der Waals surface area contributed by atoms with Gasteiger partial charge in [0.1, 0.15) is 24.7 Å². The van der Waals surface area contributed by atoms with Crippen LogP contribution in [0.5, 0.6) is 11.5 Å². The molecule has 4 nitrogen and oxygen atoms in total. The average molecular weight is 454 g/mol. The Labute approximate surface area is 201 Å². The van der Waals surface area contributed by atoms with Gasteiger partial charge in [-0.25, -0.2) is 0 Å². The Morgan fingerprint density at radius 2 is 1.68 bits per heavy atom. The Morgan fingerprint density at radius 3 is 2.56 bits per heavy atom. The highest BCUT2D eigenvalue weighted by Crippen LogP contribution is 2.53. The first kappa shape index (κ1) is 21.3. The zero-order chi connectivity index (χ0) is 22.7. The summed E-state index contributed by atoms with van der Waals surface area (Å²) in [6.07, 6.45) is 8.14. The lowest BCUT2D eigenvalue weighted by Gasteiger charge is -2.38. The van der Waals surface area contributed by atoms with Gasteiger partial charge in [0.05, 0.1) is 17.8 Å². The fraction of sp³-hybridized carbons (Fsp3) is 0.333. The van der Waals surface area contributed by atoms with Gasteiger partial charge < -0.3 is 19.5 Å². The zero-order valence-corrected chi connectivity index (χ0v) is 19.4. The van der Waals surface area contributed by atoms with Gasteiger partial charge in [0.25, 0.3) is 0 Å². The molecule has 1 N–H and O–H groups in total. The first-order valence-electron chi connectivity index (χ1n) is 12.4. The smallest absolute Gasteiger partial charge is 0.142 e. The number of ether oxygens (including phenoxy) is 3. The van der Waals surface area contributed by atoms with E-state index in [1.807, 2.05) is 6.07 Å². The van der Waals surface area contributed by atoms with Crippen LogP contribution in [0.15, 0.2) is 84.9 Å². The molecule has 0 bridgehead atoms. The maximum absolute atomic E-state index is 6.35. The van der Waals surface area contributed by atoms with Gasteiger partial charge in [0.15, 0.2) is 0 Å². The van der Waals surface area contributed by atoms with Crippen molar-refractivity contribution in [2.75, 3.05) is 18.5 Å². The van der Waals surface area contributed by atoms with Crippen LogP contribution in [0.1, 0.15) is 47.9 Å². The summed E-state index contributed by atoms with van der Waals surface area (Å²) >= 11 is 0. The van der Waals surface area contributed by atoms with Crippen molar-refractivity contribution in [1.82, 2.24) is 0 Å². The molecule has 0 amide bonds. The number of hydrogen-bond donors (Lipinski definition) is 1. The topological polar surface area (TPSA) is 39.7 Å². The third-order valence-corrected chi connectivity index (χ3v) is 7.30. The van der Waals surface area contributed by atoms with Gasteiger partial charge in [-0.2, -0.15) is 0 Å². The van der Waals surface area contributed by atoms with Gasteiger partial charge in [-0.05, 0) is 48.4 Å². The molecule has 174 valence electrons. The van der Waals surface area contributed by atoms with Crippen LogP contribution in [0, 0.1) is 5.92 Å². The van der Waals surface area contributed by atoms with E-state index in [-0.39, 0.29) is 12.1 Å². The minimum Gasteiger partial charge on any atom is -0.489 e. The number of para-hydroxylation sites is 2. The van der Waals surface area contributed by atoms with Crippen LogP contribution < -0.4 is 14.8 Å². The fourth-order valence-electron chi connectivity index (χ4n) is 5.58. The number of benzene rings is 3. The third-order valence-electron chi connectivity index (χ3n) is 7.30. The molecule has 4 heteroatoms. The number of fused-ring (bicyclic) bond motifs is 3.